The van der Waals surface area contributed by atoms with Gasteiger partial charge < -0.3 is 15.3 Å². The minimum absolute atomic E-state index is 0.0274. The Morgan fingerprint density at radius 2 is 2.00 bits per heavy atom. The van der Waals surface area contributed by atoms with Crippen molar-refractivity contribution in [3.05, 3.63) is 0 Å². The minimum Gasteiger partial charge on any atom is -0.481 e. The fraction of sp³-hybridized carbons (Fsp3) is 0.857. The monoisotopic (exact) mass is 270 g/mol. The molecule has 0 heterocycles. The molecule has 1 aliphatic rings. The molecule has 0 aliphatic heterocycles. The van der Waals surface area contributed by atoms with Crippen molar-refractivity contribution in [1.29, 1.82) is 0 Å². The molecule has 5 nitrogen and oxygen atoms in total. The van der Waals surface area contributed by atoms with Crippen molar-refractivity contribution >= 4 is 12.0 Å². The molecule has 0 saturated heterocycles. The summed E-state index contributed by atoms with van der Waals surface area (Å²) in [6.07, 6.45) is 3.59. The van der Waals surface area contributed by atoms with E-state index in [4.69, 9.17) is 5.11 Å². The van der Waals surface area contributed by atoms with Crippen LogP contribution in [0.2, 0.25) is 0 Å². The standard InChI is InChI=1S/C14H26N2O3/c1-4-11(3)10-16(5-2)13(19)15-14(7-6-8-14)9-12(17)18/h11H,4-10H2,1-3H3,(H,15,19)(H,17,18). The van der Waals surface area contributed by atoms with E-state index in [9.17, 15) is 9.59 Å². The van der Waals surface area contributed by atoms with Crippen LogP contribution in [0.1, 0.15) is 52.9 Å². The quantitative estimate of drug-likeness (QED) is 0.746. The first-order chi connectivity index (χ1) is 8.92. The summed E-state index contributed by atoms with van der Waals surface area (Å²) in [7, 11) is 0. The smallest absolute Gasteiger partial charge is 0.317 e. The Morgan fingerprint density at radius 1 is 1.37 bits per heavy atom. The van der Waals surface area contributed by atoms with Crippen LogP contribution >= 0.6 is 0 Å². The van der Waals surface area contributed by atoms with Gasteiger partial charge in [-0.2, -0.15) is 0 Å². The van der Waals surface area contributed by atoms with E-state index in [2.05, 4.69) is 19.2 Å². The predicted molar refractivity (Wildman–Crippen MR) is 74.1 cm³/mol. The highest BCUT2D eigenvalue weighted by molar-refractivity contribution is 5.77. The third kappa shape index (κ3) is 4.40. The Balaban J connectivity index is 2.57. The van der Waals surface area contributed by atoms with Crippen LogP contribution in [0.15, 0.2) is 0 Å². The molecule has 1 unspecified atom stereocenters. The number of rotatable bonds is 7. The van der Waals surface area contributed by atoms with Gasteiger partial charge in [0.2, 0.25) is 0 Å². The average molecular weight is 270 g/mol. The molecule has 1 saturated carbocycles. The molecule has 1 aliphatic carbocycles. The molecule has 1 atom stereocenters. The Morgan fingerprint density at radius 3 is 2.37 bits per heavy atom. The second-order valence-corrected chi connectivity index (χ2v) is 5.69. The van der Waals surface area contributed by atoms with Gasteiger partial charge in [0, 0.05) is 13.1 Å². The normalized spacial score (nSPS) is 18.3. The number of nitrogens with zero attached hydrogens (tertiary/aromatic N) is 1. The van der Waals surface area contributed by atoms with Gasteiger partial charge >= 0.3 is 12.0 Å². The van der Waals surface area contributed by atoms with Gasteiger partial charge in [-0.15, -0.1) is 0 Å². The molecule has 2 N–H and O–H groups in total. The largest absolute Gasteiger partial charge is 0.481 e. The van der Waals surface area contributed by atoms with Gasteiger partial charge in [-0.1, -0.05) is 20.3 Å². The van der Waals surface area contributed by atoms with E-state index in [-0.39, 0.29) is 12.5 Å². The van der Waals surface area contributed by atoms with Crippen molar-refractivity contribution in [1.82, 2.24) is 10.2 Å². The molecule has 0 aromatic carbocycles. The number of aliphatic carboxylic acids is 1. The second-order valence-electron chi connectivity index (χ2n) is 5.69. The molecule has 1 rings (SSSR count). The van der Waals surface area contributed by atoms with Gasteiger partial charge in [-0.3, -0.25) is 4.79 Å². The van der Waals surface area contributed by atoms with Crippen LogP contribution in [0.25, 0.3) is 0 Å². The first-order valence-electron chi connectivity index (χ1n) is 7.21. The van der Waals surface area contributed by atoms with Crippen LogP contribution in [0.4, 0.5) is 4.79 Å². The number of amides is 2. The van der Waals surface area contributed by atoms with E-state index in [1.807, 2.05) is 6.92 Å². The number of hydrogen-bond donors (Lipinski definition) is 2. The third-order valence-corrected chi connectivity index (χ3v) is 4.07. The number of carbonyl (C=O) groups excluding carboxylic acids is 1. The summed E-state index contributed by atoms with van der Waals surface area (Å²) < 4.78 is 0. The zero-order chi connectivity index (χ0) is 14.5. The maximum absolute atomic E-state index is 12.2. The van der Waals surface area contributed by atoms with Crippen LogP contribution in [0.5, 0.6) is 0 Å². The van der Waals surface area contributed by atoms with Gasteiger partial charge in [0.15, 0.2) is 0 Å². The van der Waals surface area contributed by atoms with E-state index in [1.165, 1.54) is 0 Å². The van der Waals surface area contributed by atoms with Gasteiger partial charge in [-0.05, 0) is 32.1 Å². The third-order valence-electron chi connectivity index (χ3n) is 4.07. The van der Waals surface area contributed by atoms with Gasteiger partial charge in [0.1, 0.15) is 0 Å². The summed E-state index contributed by atoms with van der Waals surface area (Å²) in [5.74, 6) is -0.382. The highest BCUT2D eigenvalue weighted by Gasteiger charge is 2.41. The summed E-state index contributed by atoms with van der Waals surface area (Å²) in [6.45, 7) is 7.55. The van der Waals surface area contributed by atoms with Gasteiger partial charge in [-0.25, -0.2) is 4.79 Å². The van der Waals surface area contributed by atoms with E-state index < -0.39 is 11.5 Å². The molecule has 110 valence electrons. The molecular weight excluding hydrogens is 244 g/mol. The van der Waals surface area contributed by atoms with Crippen LogP contribution in [0, 0.1) is 5.92 Å². The topological polar surface area (TPSA) is 69.6 Å². The second kappa shape index (κ2) is 6.78. The van der Waals surface area contributed by atoms with E-state index in [0.29, 0.717) is 12.5 Å². The molecule has 5 heteroatoms. The number of carboxylic acids is 1. The molecule has 0 aromatic rings. The van der Waals surface area contributed by atoms with E-state index >= 15 is 0 Å². The lowest BCUT2D eigenvalue weighted by Gasteiger charge is -2.42. The Kier molecular flexibility index (Phi) is 5.63. The average Bonchev–Trinajstić information content (AvgIpc) is 2.31. The predicted octanol–water partition coefficient (Wildman–Crippen LogP) is 2.46. The van der Waals surface area contributed by atoms with Crippen molar-refractivity contribution in [3.8, 4) is 0 Å². The minimum atomic E-state index is -0.843. The zero-order valence-corrected chi connectivity index (χ0v) is 12.2. The molecule has 0 bridgehead atoms. The molecule has 19 heavy (non-hydrogen) atoms. The van der Waals surface area contributed by atoms with Crippen molar-refractivity contribution in [2.24, 2.45) is 5.92 Å². The lowest BCUT2D eigenvalue weighted by Crippen LogP contribution is -2.58. The van der Waals surface area contributed by atoms with E-state index in [1.54, 1.807) is 4.90 Å². The maximum Gasteiger partial charge on any atom is 0.317 e. The summed E-state index contributed by atoms with van der Waals surface area (Å²) in [4.78, 5) is 24.9. The molecule has 0 aromatic heterocycles. The molecule has 0 radical (unpaired) electrons. The SMILES string of the molecule is CCC(C)CN(CC)C(=O)NC1(CC(=O)O)CCC1. The van der Waals surface area contributed by atoms with Crippen molar-refractivity contribution in [2.75, 3.05) is 13.1 Å². The van der Waals surface area contributed by atoms with Crippen LogP contribution < -0.4 is 5.32 Å². The number of nitrogens with one attached hydrogen (secondary N) is 1. The molecule has 0 spiro atoms. The maximum atomic E-state index is 12.2. The van der Waals surface area contributed by atoms with Gasteiger partial charge in [0.05, 0.1) is 12.0 Å². The van der Waals surface area contributed by atoms with Crippen molar-refractivity contribution < 1.29 is 14.7 Å². The zero-order valence-electron chi connectivity index (χ0n) is 12.2. The van der Waals surface area contributed by atoms with Gasteiger partial charge in [0.25, 0.3) is 0 Å². The van der Waals surface area contributed by atoms with Crippen LogP contribution in [0.3, 0.4) is 0 Å². The first-order valence-corrected chi connectivity index (χ1v) is 7.21. The number of hydrogen-bond acceptors (Lipinski definition) is 2. The highest BCUT2D eigenvalue weighted by Crippen LogP contribution is 2.35. The summed E-state index contributed by atoms with van der Waals surface area (Å²) in [5, 5.41) is 11.9. The molecule has 2 amide bonds. The number of carboxylic acid groups (broad SMARTS) is 1. The fourth-order valence-corrected chi connectivity index (χ4v) is 2.41. The molecular formula is C14H26N2O3. The first kappa shape index (κ1) is 15.8. The van der Waals surface area contributed by atoms with Crippen molar-refractivity contribution in [2.45, 2.75) is 58.4 Å². The Bertz CT molecular complexity index is 327. The summed E-state index contributed by atoms with van der Waals surface area (Å²) >= 11 is 0. The lowest BCUT2D eigenvalue weighted by molar-refractivity contribution is -0.139. The van der Waals surface area contributed by atoms with Crippen LogP contribution in [-0.2, 0) is 4.79 Å². The number of urea groups is 1. The van der Waals surface area contributed by atoms with Crippen LogP contribution in [-0.4, -0.2) is 40.6 Å². The fourth-order valence-electron chi connectivity index (χ4n) is 2.41. The lowest BCUT2D eigenvalue weighted by atomic mass is 9.74. The summed E-state index contributed by atoms with van der Waals surface area (Å²) in [6, 6.07) is -0.122. The molecule has 1 fully saturated rings. The number of carbonyl (C=O) groups is 2. The Hall–Kier alpha value is -1.26. The Labute approximate surface area is 115 Å². The highest BCUT2D eigenvalue weighted by atomic mass is 16.4. The summed E-state index contributed by atoms with van der Waals surface area (Å²) in [5.41, 5.74) is -0.508. The van der Waals surface area contributed by atoms with Crippen molar-refractivity contribution in [3.63, 3.8) is 0 Å². The van der Waals surface area contributed by atoms with E-state index in [0.717, 1.165) is 32.2 Å².